The molecule has 3 nitrogen and oxygen atoms in total. The lowest BCUT2D eigenvalue weighted by Gasteiger charge is -2.29. The standard InChI is InChI=1S/C9H11BrO3/c1-4(11)13-8-3-5-6(9(8)10)2-7(5)12/h5-6,8-9H,2-3H2,1H3. The highest BCUT2D eigenvalue weighted by atomic mass is 79.9. The van der Waals surface area contributed by atoms with Gasteiger partial charge in [0.1, 0.15) is 11.9 Å². The van der Waals surface area contributed by atoms with Gasteiger partial charge in [0, 0.05) is 19.3 Å². The number of carbonyl (C=O) groups excluding carboxylic acids is 2. The van der Waals surface area contributed by atoms with E-state index < -0.39 is 0 Å². The molecular formula is C9H11BrO3. The van der Waals surface area contributed by atoms with Crippen LogP contribution in [0.25, 0.3) is 0 Å². The Hall–Kier alpha value is -0.380. The van der Waals surface area contributed by atoms with Gasteiger partial charge < -0.3 is 4.74 Å². The summed E-state index contributed by atoms with van der Waals surface area (Å²) < 4.78 is 5.11. The van der Waals surface area contributed by atoms with Crippen molar-refractivity contribution in [1.82, 2.24) is 0 Å². The normalized spacial score (nSPS) is 42.5. The van der Waals surface area contributed by atoms with E-state index in [1.54, 1.807) is 0 Å². The molecule has 4 unspecified atom stereocenters. The van der Waals surface area contributed by atoms with Gasteiger partial charge in [-0.15, -0.1) is 0 Å². The molecule has 13 heavy (non-hydrogen) atoms. The van der Waals surface area contributed by atoms with Gasteiger partial charge in [-0.3, -0.25) is 9.59 Å². The van der Waals surface area contributed by atoms with Gasteiger partial charge in [0.25, 0.3) is 0 Å². The quantitative estimate of drug-likeness (QED) is 0.518. The second-order valence-electron chi connectivity index (χ2n) is 3.77. The number of carbonyl (C=O) groups is 2. The maximum atomic E-state index is 11.1. The van der Waals surface area contributed by atoms with Crippen molar-refractivity contribution in [3.05, 3.63) is 0 Å². The van der Waals surface area contributed by atoms with E-state index in [4.69, 9.17) is 4.74 Å². The molecule has 0 bridgehead atoms. The Kier molecular flexibility index (Phi) is 2.18. The third-order valence-corrected chi connectivity index (χ3v) is 4.20. The van der Waals surface area contributed by atoms with E-state index in [1.165, 1.54) is 6.92 Å². The first-order valence-corrected chi connectivity index (χ1v) is 5.35. The van der Waals surface area contributed by atoms with E-state index in [2.05, 4.69) is 15.9 Å². The third-order valence-electron chi connectivity index (χ3n) is 2.94. The first-order chi connectivity index (χ1) is 6.09. The van der Waals surface area contributed by atoms with Gasteiger partial charge in [-0.1, -0.05) is 15.9 Å². The van der Waals surface area contributed by atoms with Crippen molar-refractivity contribution in [1.29, 1.82) is 0 Å². The van der Waals surface area contributed by atoms with Crippen LogP contribution in [-0.2, 0) is 14.3 Å². The highest BCUT2D eigenvalue weighted by Gasteiger charge is 2.53. The Bertz CT molecular complexity index is 264. The van der Waals surface area contributed by atoms with Gasteiger partial charge in [0.15, 0.2) is 0 Å². The number of ether oxygens (including phenoxy) is 1. The molecule has 0 N–H and O–H groups in total. The third kappa shape index (κ3) is 1.41. The van der Waals surface area contributed by atoms with Gasteiger partial charge in [0.2, 0.25) is 0 Å². The minimum absolute atomic E-state index is 0.0982. The van der Waals surface area contributed by atoms with Crippen LogP contribution in [0.3, 0.4) is 0 Å². The molecule has 0 saturated heterocycles. The van der Waals surface area contributed by atoms with Gasteiger partial charge >= 0.3 is 5.97 Å². The van der Waals surface area contributed by atoms with Crippen molar-refractivity contribution in [3.8, 4) is 0 Å². The summed E-state index contributed by atoms with van der Waals surface area (Å²) in [5.41, 5.74) is 0. The lowest BCUT2D eigenvalue weighted by Crippen LogP contribution is -2.36. The molecule has 0 aromatic heterocycles. The Balaban J connectivity index is 2.01. The maximum Gasteiger partial charge on any atom is 0.302 e. The van der Waals surface area contributed by atoms with Crippen molar-refractivity contribution in [3.63, 3.8) is 0 Å². The number of halogens is 1. The van der Waals surface area contributed by atoms with Crippen molar-refractivity contribution >= 4 is 27.7 Å². The average molecular weight is 247 g/mol. The summed E-state index contributed by atoms with van der Waals surface area (Å²) in [5.74, 6) is 0.609. The first-order valence-electron chi connectivity index (χ1n) is 4.43. The van der Waals surface area contributed by atoms with Crippen LogP contribution in [0.1, 0.15) is 19.8 Å². The molecule has 0 amide bonds. The van der Waals surface area contributed by atoms with Crippen molar-refractivity contribution < 1.29 is 14.3 Å². The van der Waals surface area contributed by atoms with E-state index in [0.29, 0.717) is 24.5 Å². The minimum Gasteiger partial charge on any atom is -0.461 e. The van der Waals surface area contributed by atoms with Gasteiger partial charge in [-0.25, -0.2) is 0 Å². The summed E-state index contributed by atoms with van der Waals surface area (Å²) in [7, 11) is 0. The van der Waals surface area contributed by atoms with Gasteiger partial charge in [-0.05, 0) is 12.3 Å². The zero-order chi connectivity index (χ0) is 9.59. The molecular weight excluding hydrogens is 236 g/mol. The van der Waals surface area contributed by atoms with E-state index >= 15 is 0 Å². The molecule has 2 aliphatic rings. The van der Waals surface area contributed by atoms with Crippen LogP contribution < -0.4 is 0 Å². The highest BCUT2D eigenvalue weighted by Crippen LogP contribution is 2.48. The largest absolute Gasteiger partial charge is 0.461 e. The summed E-state index contributed by atoms with van der Waals surface area (Å²) in [6.45, 7) is 1.40. The number of fused-ring (bicyclic) bond motifs is 1. The topological polar surface area (TPSA) is 43.4 Å². The molecule has 0 heterocycles. The van der Waals surface area contributed by atoms with E-state index in [0.717, 1.165) is 0 Å². The molecule has 2 rings (SSSR count). The molecule has 2 fully saturated rings. The zero-order valence-electron chi connectivity index (χ0n) is 7.33. The number of hydrogen-bond acceptors (Lipinski definition) is 3. The van der Waals surface area contributed by atoms with Crippen LogP contribution in [0.4, 0.5) is 0 Å². The summed E-state index contributed by atoms with van der Waals surface area (Å²) >= 11 is 3.49. The lowest BCUT2D eigenvalue weighted by molar-refractivity contribution is -0.146. The fourth-order valence-electron chi connectivity index (χ4n) is 2.23. The highest BCUT2D eigenvalue weighted by molar-refractivity contribution is 9.09. The fraction of sp³-hybridized carbons (Fsp3) is 0.778. The average Bonchev–Trinajstić information content (AvgIpc) is 2.27. The van der Waals surface area contributed by atoms with E-state index in [1.807, 2.05) is 0 Å². The number of ketones is 1. The summed E-state index contributed by atoms with van der Waals surface area (Å²) in [4.78, 5) is 22.0. The van der Waals surface area contributed by atoms with Crippen molar-refractivity contribution in [2.45, 2.75) is 30.7 Å². The number of hydrogen-bond donors (Lipinski definition) is 0. The predicted molar refractivity (Wildman–Crippen MR) is 49.5 cm³/mol. The number of esters is 1. The number of alkyl halides is 1. The molecule has 4 heteroatoms. The Morgan fingerprint density at radius 1 is 1.62 bits per heavy atom. The molecule has 0 aliphatic heterocycles. The summed E-state index contributed by atoms with van der Waals surface area (Å²) in [6, 6.07) is 0. The van der Waals surface area contributed by atoms with Crippen LogP contribution in [-0.4, -0.2) is 22.7 Å². The SMILES string of the molecule is CC(=O)OC1CC2C(=O)CC2C1Br. The first kappa shape index (κ1) is 9.19. The minimum atomic E-state index is -0.261. The smallest absolute Gasteiger partial charge is 0.302 e. The Labute approximate surface area is 85.0 Å². The fourth-order valence-corrected chi connectivity index (χ4v) is 3.11. The molecule has 72 valence electrons. The van der Waals surface area contributed by atoms with Crippen molar-refractivity contribution in [2.24, 2.45) is 11.8 Å². The number of Topliss-reactive ketones (excluding diaryl/α,β-unsaturated/α-hetero) is 1. The molecule has 0 radical (unpaired) electrons. The molecule has 0 aromatic rings. The second-order valence-corrected chi connectivity index (χ2v) is 4.83. The zero-order valence-corrected chi connectivity index (χ0v) is 8.91. The predicted octanol–water partition coefficient (Wildman–Crippen LogP) is 1.29. The van der Waals surface area contributed by atoms with Crippen molar-refractivity contribution in [2.75, 3.05) is 0 Å². The lowest BCUT2D eigenvalue weighted by atomic mass is 9.75. The molecule has 4 atom stereocenters. The summed E-state index contributed by atoms with van der Waals surface area (Å²) in [6.07, 6.45) is 1.26. The van der Waals surface area contributed by atoms with Crippen LogP contribution in [0, 0.1) is 11.8 Å². The molecule has 0 aromatic carbocycles. The summed E-state index contributed by atoms with van der Waals surface area (Å²) in [5, 5.41) is 0. The van der Waals surface area contributed by atoms with Crippen LogP contribution >= 0.6 is 15.9 Å². The van der Waals surface area contributed by atoms with Crippen LogP contribution in [0.5, 0.6) is 0 Å². The maximum absolute atomic E-state index is 11.1. The monoisotopic (exact) mass is 246 g/mol. The van der Waals surface area contributed by atoms with Crippen LogP contribution in [0.15, 0.2) is 0 Å². The Morgan fingerprint density at radius 3 is 2.77 bits per heavy atom. The van der Waals surface area contributed by atoms with Gasteiger partial charge in [0.05, 0.1) is 4.83 Å². The van der Waals surface area contributed by atoms with E-state index in [9.17, 15) is 9.59 Å². The molecule has 2 saturated carbocycles. The van der Waals surface area contributed by atoms with Gasteiger partial charge in [-0.2, -0.15) is 0 Å². The molecule has 0 spiro atoms. The molecule has 2 aliphatic carbocycles. The van der Waals surface area contributed by atoms with Crippen LogP contribution in [0.2, 0.25) is 0 Å². The van der Waals surface area contributed by atoms with E-state index in [-0.39, 0.29) is 22.8 Å². The number of rotatable bonds is 1. The Morgan fingerprint density at radius 2 is 2.31 bits per heavy atom. The second kappa shape index (κ2) is 3.08.